The fourth-order valence-electron chi connectivity index (χ4n) is 4.65. The number of benzene rings is 3. The van der Waals surface area contributed by atoms with Crippen LogP contribution in [-0.4, -0.2) is 41.0 Å². The molecule has 2 aliphatic heterocycles. The van der Waals surface area contributed by atoms with Crippen LogP contribution in [0.15, 0.2) is 83.0 Å². The first-order chi connectivity index (χ1) is 17.5. The largest absolute Gasteiger partial charge is 0.463 e. The molecule has 8 heteroatoms. The van der Waals surface area contributed by atoms with Crippen LogP contribution in [0.1, 0.15) is 31.9 Å². The van der Waals surface area contributed by atoms with Crippen molar-refractivity contribution < 1.29 is 14.3 Å². The molecule has 36 heavy (non-hydrogen) atoms. The molecule has 2 aliphatic rings. The summed E-state index contributed by atoms with van der Waals surface area (Å²) in [6.45, 7) is 4.80. The van der Waals surface area contributed by atoms with E-state index in [0.717, 1.165) is 45.9 Å². The predicted octanol–water partition coefficient (Wildman–Crippen LogP) is 6.17. The van der Waals surface area contributed by atoms with E-state index in [2.05, 4.69) is 15.5 Å². The number of thioether (sulfide) groups is 1. The zero-order chi connectivity index (χ0) is 25.1. The molecule has 1 atom stereocenters. The van der Waals surface area contributed by atoms with Crippen LogP contribution in [0.5, 0.6) is 0 Å². The van der Waals surface area contributed by atoms with Gasteiger partial charge in [-0.15, -0.1) is 0 Å². The highest BCUT2D eigenvalue weighted by molar-refractivity contribution is 8.13. The number of carbonyl (C=O) groups is 2. The standard InChI is InChI=1S/C28H28N4O3S/c1-3-35-26(33)24-18(2)29-28-32(16-7-17-36-28)25(24)20-12-14-21(15-13-20)30-27(34)31-23-11-6-9-19-8-4-5-10-22(19)23/h4-6,8-15,25H,3,7,16-17H2,1-2H3,(H2,30,31,34). The Kier molecular flexibility index (Phi) is 6.95. The molecule has 0 saturated carbocycles. The quantitative estimate of drug-likeness (QED) is 0.409. The fraction of sp³-hybridized carbons (Fsp3) is 0.250. The van der Waals surface area contributed by atoms with Gasteiger partial charge in [-0.05, 0) is 49.4 Å². The van der Waals surface area contributed by atoms with Crippen LogP contribution >= 0.6 is 11.8 Å². The second-order valence-corrected chi connectivity index (χ2v) is 9.70. The molecule has 0 bridgehead atoms. The number of allylic oxidation sites excluding steroid dienone is 1. The number of esters is 1. The Bertz CT molecular complexity index is 1360. The lowest BCUT2D eigenvalue weighted by Gasteiger charge is -2.40. The number of aliphatic imine (C=N–C) groups is 1. The molecule has 2 N–H and O–H groups in total. The lowest BCUT2D eigenvalue weighted by Crippen LogP contribution is -2.42. The number of anilines is 2. The second-order valence-electron chi connectivity index (χ2n) is 8.64. The molecule has 7 nitrogen and oxygen atoms in total. The molecular formula is C28H28N4O3S. The van der Waals surface area contributed by atoms with Crippen LogP contribution < -0.4 is 10.6 Å². The van der Waals surface area contributed by atoms with Gasteiger partial charge in [-0.3, -0.25) is 0 Å². The lowest BCUT2D eigenvalue weighted by molar-refractivity contribution is -0.139. The summed E-state index contributed by atoms with van der Waals surface area (Å²) in [7, 11) is 0. The van der Waals surface area contributed by atoms with Crippen molar-refractivity contribution in [3.8, 4) is 0 Å². The molecule has 2 heterocycles. The van der Waals surface area contributed by atoms with E-state index in [9.17, 15) is 9.59 Å². The van der Waals surface area contributed by atoms with Crippen LogP contribution in [-0.2, 0) is 9.53 Å². The van der Waals surface area contributed by atoms with Crippen molar-refractivity contribution in [3.05, 3.63) is 83.6 Å². The maximum absolute atomic E-state index is 12.9. The van der Waals surface area contributed by atoms with Crippen LogP contribution in [0.25, 0.3) is 10.8 Å². The van der Waals surface area contributed by atoms with Crippen molar-refractivity contribution >= 4 is 51.1 Å². The van der Waals surface area contributed by atoms with Gasteiger partial charge in [0.2, 0.25) is 0 Å². The van der Waals surface area contributed by atoms with Crippen molar-refractivity contribution in [3.63, 3.8) is 0 Å². The number of ether oxygens (including phenoxy) is 1. The van der Waals surface area contributed by atoms with Gasteiger partial charge in [0.25, 0.3) is 0 Å². The van der Waals surface area contributed by atoms with Gasteiger partial charge >= 0.3 is 12.0 Å². The van der Waals surface area contributed by atoms with Crippen LogP contribution in [0, 0.1) is 0 Å². The number of urea groups is 1. The van der Waals surface area contributed by atoms with Crippen LogP contribution in [0.4, 0.5) is 16.2 Å². The Morgan fingerprint density at radius 1 is 1.06 bits per heavy atom. The highest BCUT2D eigenvalue weighted by Crippen LogP contribution is 2.40. The molecule has 3 aromatic carbocycles. The van der Waals surface area contributed by atoms with Gasteiger partial charge in [-0.1, -0.05) is 60.3 Å². The van der Waals surface area contributed by atoms with Crippen LogP contribution in [0.3, 0.4) is 0 Å². The number of amidine groups is 1. The number of fused-ring (bicyclic) bond motifs is 2. The third-order valence-electron chi connectivity index (χ3n) is 6.28. The third kappa shape index (κ3) is 4.81. The molecule has 0 spiro atoms. The van der Waals surface area contributed by atoms with Gasteiger partial charge in [0.15, 0.2) is 5.17 Å². The summed E-state index contributed by atoms with van der Waals surface area (Å²) in [5.74, 6) is 0.675. The van der Waals surface area contributed by atoms with Gasteiger partial charge in [0.05, 0.1) is 29.6 Å². The normalized spacial score (nSPS) is 17.3. The van der Waals surface area contributed by atoms with Gasteiger partial charge in [0.1, 0.15) is 0 Å². The van der Waals surface area contributed by atoms with E-state index in [-0.39, 0.29) is 18.0 Å². The van der Waals surface area contributed by atoms with Crippen molar-refractivity contribution in [2.75, 3.05) is 29.5 Å². The van der Waals surface area contributed by atoms with Gasteiger partial charge in [0, 0.05) is 23.4 Å². The van der Waals surface area contributed by atoms with E-state index >= 15 is 0 Å². The highest BCUT2D eigenvalue weighted by Gasteiger charge is 2.37. The average molecular weight is 501 g/mol. The van der Waals surface area contributed by atoms with Gasteiger partial charge < -0.3 is 20.3 Å². The first-order valence-corrected chi connectivity index (χ1v) is 13.1. The molecular weight excluding hydrogens is 472 g/mol. The summed E-state index contributed by atoms with van der Waals surface area (Å²) in [6, 6.07) is 20.8. The summed E-state index contributed by atoms with van der Waals surface area (Å²) in [4.78, 5) is 32.5. The number of hydrogen-bond acceptors (Lipinski definition) is 6. The topological polar surface area (TPSA) is 83.0 Å². The number of hydrogen-bond donors (Lipinski definition) is 2. The van der Waals surface area contributed by atoms with Crippen molar-refractivity contribution in [1.82, 2.24) is 4.90 Å². The molecule has 0 aromatic heterocycles. The Labute approximate surface area is 214 Å². The Morgan fingerprint density at radius 2 is 1.83 bits per heavy atom. The van der Waals surface area contributed by atoms with Gasteiger partial charge in [-0.2, -0.15) is 0 Å². The molecule has 3 aromatic rings. The monoisotopic (exact) mass is 500 g/mol. The molecule has 2 amide bonds. The maximum atomic E-state index is 12.9. The summed E-state index contributed by atoms with van der Waals surface area (Å²) in [5, 5.41) is 8.83. The average Bonchev–Trinajstić information content (AvgIpc) is 2.89. The van der Waals surface area contributed by atoms with E-state index in [4.69, 9.17) is 9.73 Å². The Hall–Kier alpha value is -3.78. The first kappa shape index (κ1) is 23.9. The van der Waals surface area contributed by atoms with E-state index in [0.29, 0.717) is 23.6 Å². The third-order valence-corrected chi connectivity index (χ3v) is 7.35. The van der Waals surface area contributed by atoms with Crippen molar-refractivity contribution in [1.29, 1.82) is 0 Å². The number of amides is 2. The van der Waals surface area contributed by atoms with Crippen molar-refractivity contribution in [2.24, 2.45) is 4.99 Å². The predicted molar refractivity (Wildman–Crippen MR) is 146 cm³/mol. The zero-order valence-electron chi connectivity index (χ0n) is 20.3. The van der Waals surface area contributed by atoms with E-state index in [1.54, 1.807) is 18.7 Å². The van der Waals surface area contributed by atoms with E-state index < -0.39 is 0 Å². The summed E-state index contributed by atoms with van der Waals surface area (Å²) >= 11 is 1.71. The summed E-state index contributed by atoms with van der Waals surface area (Å²) in [6.07, 6.45) is 1.02. The summed E-state index contributed by atoms with van der Waals surface area (Å²) in [5.41, 5.74) is 3.62. The zero-order valence-corrected chi connectivity index (χ0v) is 21.1. The Morgan fingerprint density at radius 3 is 2.64 bits per heavy atom. The molecule has 0 aliphatic carbocycles. The minimum Gasteiger partial charge on any atom is -0.463 e. The summed E-state index contributed by atoms with van der Waals surface area (Å²) < 4.78 is 5.38. The van der Waals surface area contributed by atoms with Crippen molar-refractivity contribution in [2.45, 2.75) is 26.3 Å². The highest BCUT2D eigenvalue weighted by atomic mass is 32.2. The second kappa shape index (κ2) is 10.5. The SMILES string of the molecule is CCOC(=O)C1=C(C)N=C2SCCCN2C1c1ccc(NC(=O)Nc2cccc3ccccc23)cc1. The molecule has 5 rings (SSSR count). The first-order valence-electron chi connectivity index (χ1n) is 12.1. The maximum Gasteiger partial charge on any atom is 0.338 e. The fourth-order valence-corrected chi connectivity index (χ4v) is 5.67. The van der Waals surface area contributed by atoms with E-state index in [1.165, 1.54) is 0 Å². The van der Waals surface area contributed by atoms with Crippen LogP contribution in [0.2, 0.25) is 0 Å². The molecule has 0 radical (unpaired) electrons. The lowest BCUT2D eigenvalue weighted by atomic mass is 9.94. The molecule has 1 saturated heterocycles. The number of nitrogens with zero attached hydrogens (tertiary/aromatic N) is 2. The minimum absolute atomic E-state index is 0.275. The number of rotatable bonds is 5. The van der Waals surface area contributed by atoms with Gasteiger partial charge in [-0.25, -0.2) is 14.6 Å². The minimum atomic E-state index is -0.338. The van der Waals surface area contributed by atoms with E-state index in [1.807, 2.05) is 73.7 Å². The molecule has 184 valence electrons. The number of carbonyl (C=O) groups excluding carboxylic acids is 2. The Balaban J connectivity index is 1.36. The number of nitrogens with one attached hydrogen (secondary N) is 2. The molecule has 1 unspecified atom stereocenters. The molecule has 1 fully saturated rings. The smallest absolute Gasteiger partial charge is 0.338 e.